The summed E-state index contributed by atoms with van der Waals surface area (Å²) in [7, 11) is 0. The van der Waals surface area contributed by atoms with Crippen molar-refractivity contribution in [3.8, 4) is 16.9 Å². The third-order valence-corrected chi connectivity index (χ3v) is 5.04. The fourth-order valence-corrected chi connectivity index (χ4v) is 3.63. The van der Waals surface area contributed by atoms with Gasteiger partial charge in [-0.2, -0.15) is 0 Å². The lowest BCUT2D eigenvalue weighted by Crippen LogP contribution is -2.43. The van der Waals surface area contributed by atoms with Gasteiger partial charge in [-0.25, -0.2) is 4.79 Å². The van der Waals surface area contributed by atoms with Crippen LogP contribution in [0.4, 0.5) is 0 Å². The monoisotopic (exact) mass is 370 g/mol. The number of pyridine rings is 1. The van der Waals surface area contributed by atoms with E-state index < -0.39 is 5.97 Å². The lowest BCUT2D eigenvalue weighted by Gasteiger charge is -2.39. The molecule has 0 saturated carbocycles. The molecule has 1 atom stereocenters. The molecule has 27 heavy (non-hydrogen) atoms. The lowest BCUT2D eigenvalue weighted by molar-refractivity contribution is -0.139. The summed E-state index contributed by atoms with van der Waals surface area (Å²) in [6, 6.07) is 9.68. The second-order valence-corrected chi connectivity index (χ2v) is 7.53. The molecule has 1 aliphatic rings. The summed E-state index contributed by atoms with van der Waals surface area (Å²) in [5, 5.41) is 18.7. The number of carboxylic acid groups (broad SMARTS) is 1. The van der Waals surface area contributed by atoms with Gasteiger partial charge in [-0.05, 0) is 43.1 Å². The molecule has 1 unspecified atom stereocenters. The Balaban J connectivity index is 1.86. The van der Waals surface area contributed by atoms with E-state index in [1.54, 1.807) is 12.4 Å². The van der Waals surface area contributed by atoms with Gasteiger partial charge >= 0.3 is 5.97 Å². The number of aromatic nitrogens is 1. The molecule has 144 valence electrons. The number of aliphatic hydroxyl groups excluding tert-OH is 1. The van der Waals surface area contributed by atoms with Crippen LogP contribution in [-0.4, -0.2) is 52.4 Å². The van der Waals surface area contributed by atoms with Crippen LogP contribution >= 0.6 is 0 Å². The van der Waals surface area contributed by atoms with Gasteiger partial charge in [0.15, 0.2) is 6.61 Å². The maximum absolute atomic E-state index is 10.9. The van der Waals surface area contributed by atoms with Gasteiger partial charge in [0, 0.05) is 48.6 Å². The number of benzene rings is 1. The molecule has 2 N–H and O–H groups in total. The van der Waals surface area contributed by atoms with Crippen molar-refractivity contribution in [3.05, 3.63) is 48.3 Å². The predicted molar refractivity (Wildman–Crippen MR) is 103 cm³/mol. The Morgan fingerprint density at radius 2 is 2.19 bits per heavy atom. The quantitative estimate of drug-likeness (QED) is 0.780. The highest BCUT2D eigenvalue weighted by Gasteiger charge is 2.30. The standard InChI is InChI=1S/C21H26N2O4/c1-21(15-24)7-3-9-23(14-21)12-18-10-16(17-4-2-8-22-11-17)5-6-19(18)27-13-20(25)26/h2,4-6,8,10-11,24H,3,7,9,12-15H2,1H3,(H,25,26). The van der Waals surface area contributed by atoms with Gasteiger partial charge in [0.1, 0.15) is 5.75 Å². The number of aliphatic carboxylic acids is 1. The van der Waals surface area contributed by atoms with Gasteiger partial charge in [-0.15, -0.1) is 0 Å². The second-order valence-electron chi connectivity index (χ2n) is 7.53. The summed E-state index contributed by atoms with van der Waals surface area (Å²) in [6.45, 7) is 4.31. The molecule has 6 nitrogen and oxygen atoms in total. The van der Waals surface area contributed by atoms with E-state index in [4.69, 9.17) is 9.84 Å². The highest BCUT2D eigenvalue weighted by atomic mass is 16.5. The molecular weight excluding hydrogens is 344 g/mol. The van der Waals surface area contributed by atoms with Crippen LogP contribution in [0.2, 0.25) is 0 Å². The number of aliphatic hydroxyl groups is 1. The molecule has 1 saturated heterocycles. The lowest BCUT2D eigenvalue weighted by atomic mass is 9.82. The predicted octanol–water partition coefficient (Wildman–Crippen LogP) is 2.81. The van der Waals surface area contributed by atoms with Gasteiger partial charge in [0.25, 0.3) is 0 Å². The van der Waals surface area contributed by atoms with Gasteiger partial charge < -0.3 is 14.9 Å². The first kappa shape index (κ1) is 19.3. The van der Waals surface area contributed by atoms with Crippen molar-refractivity contribution < 1.29 is 19.7 Å². The van der Waals surface area contributed by atoms with E-state index in [2.05, 4.69) is 16.8 Å². The second kappa shape index (κ2) is 8.50. The normalized spacial score (nSPS) is 20.4. The third kappa shape index (κ3) is 5.05. The number of carbonyl (C=O) groups is 1. The number of likely N-dealkylation sites (tertiary alicyclic amines) is 1. The van der Waals surface area contributed by atoms with Crippen LogP contribution in [0.5, 0.6) is 5.75 Å². The summed E-state index contributed by atoms with van der Waals surface area (Å²) < 4.78 is 5.52. The van der Waals surface area contributed by atoms with Crippen LogP contribution in [0.15, 0.2) is 42.7 Å². The van der Waals surface area contributed by atoms with Crippen LogP contribution in [0.25, 0.3) is 11.1 Å². The fraction of sp³-hybridized carbons (Fsp3) is 0.429. The largest absolute Gasteiger partial charge is 0.482 e. The number of carboxylic acids is 1. The van der Waals surface area contributed by atoms with Crippen molar-refractivity contribution in [1.29, 1.82) is 0 Å². The van der Waals surface area contributed by atoms with Crippen molar-refractivity contribution in [1.82, 2.24) is 9.88 Å². The Morgan fingerprint density at radius 1 is 1.33 bits per heavy atom. The highest BCUT2D eigenvalue weighted by molar-refractivity contribution is 5.69. The van der Waals surface area contributed by atoms with Crippen molar-refractivity contribution in [2.45, 2.75) is 26.3 Å². The fourth-order valence-electron chi connectivity index (χ4n) is 3.63. The van der Waals surface area contributed by atoms with Crippen molar-refractivity contribution in [3.63, 3.8) is 0 Å². The number of piperidine rings is 1. The topological polar surface area (TPSA) is 82.9 Å². The van der Waals surface area contributed by atoms with E-state index in [1.807, 2.05) is 30.3 Å². The maximum atomic E-state index is 10.9. The van der Waals surface area contributed by atoms with Crippen molar-refractivity contribution in [2.24, 2.45) is 5.41 Å². The summed E-state index contributed by atoms with van der Waals surface area (Å²) in [5.41, 5.74) is 2.87. The van der Waals surface area contributed by atoms with Crippen LogP contribution in [0.1, 0.15) is 25.3 Å². The number of hydrogen-bond donors (Lipinski definition) is 2. The number of hydrogen-bond acceptors (Lipinski definition) is 5. The summed E-state index contributed by atoms with van der Waals surface area (Å²) in [6.07, 6.45) is 5.58. The number of nitrogens with zero attached hydrogens (tertiary/aromatic N) is 2. The van der Waals surface area contributed by atoms with Crippen LogP contribution in [0.3, 0.4) is 0 Å². The van der Waals surface area contributed by atoms with Crippen molar-refractivity contribution in [2.75, 3.05) is 26.3 Å². The Morgan fingerprint density at radius 3 is 2.89 bits per heavy atom. The molecule has 0 radical (unpaired) electrons. The number of rotatable bonds is 7. The SMILES string of the molecule is CC1(CO)CCCN(Cc2cc(-c3cccnc3)ccc2OCC(=O)O)C1. The van der Waals surface area contributed by atoms with E-state index >= 15 is 0 Å². The zero-order valence-corrected chi connectivity index (χ0v) is 15.6. The van der Waals surface area contributed by atoms with Crippen LogP contribution < -0.4 is 4.74 Å². The average molecular weight is 370 g/mol. The van der Waals surface area contributed by atoms with Gasteiger partial charge in [0.2, 0.25) is 0 Å². The first-order valence-electron chi connectivity index (χ1n) is 9.20. The Kier molecular flexibility index (Phi) is 6.08. The summed E-state index contributed by atoms with van der Waals surface area (Å²) >= 11 is 0. The van der Waals surface area contributed by atoms with Gasteiger partial charge in [0.05, 0.1) is 0 Å². The zero-order valence-electron chi connectivity index (χ0n) is 15.6. The molecule has 0 spiro atoms. The van der Waals surface area contributed by atoms with Crippen molar-refractivity contribution >= 4 is 5.97 Å². The van der Waals surface area contributed by atoms with E-state index in [9.17, 15) is 9.90 Å². The van der Waals surface area contributed by atoms with E-state index in [-0.39, 0.29) is 18.6 Å². The molecule has 1 fully saturated rings. The third-order valence-electron chi connectivity index (χ3n) is 5.04. The van der Waals surface area contributed by atoms with E-state index in [0.29, 0.717) is 12.3 Å². The van der Waals surface area contributed by atoms with Gasteiger partial charge in [-0.1, -0.05) is 19.1 Å². The molecule has 0 aliphatic carbocycles. The molecule has 6 heteroatoms. The minimum atomic E-state index is -0.997. The highest BCUT2D eigenvalue weighted by Crippen LogP contribution is 2.32. The Hall–Kier alpha value is -2.44. The summed E-state index contributed by atoms with van der Waals surface area (Å²) in [5.74, 6) is -0.413. The van der Waals surface area contributed by atoms with Gasteiger partial charge in [-0.3, -0.25) is 9.88 Å². The summed E-state index contributed by atoms with van der Waals surface area (Å²) in [4.78, 5) is 17.4. The zero-order chi connectivity index (χ0) is 19.3. The average Bonchev–Trinajstić information content (AvgIpc) is 2.67. The van der Waals surface area contributed by atoms with Crippen LogP contribution in [-0.2, 0) is 11.3 Å². The first-order chi connectivity index (χ1) is 13.0. The van der Waals surface area contributed by atoms with Crippen LogP contribution in [0, 0.1) is 5.41 Å². The molecule has 0 amide bonds. The molecule has 1 aromatic heterocycles. The molecule has 2 heterocycles. The molecule has 0 bridgehead atoms. The molecule has 2 aromatic rings. The minimum absolute atomic E-state index is 0.0959. The first-order valence-corrected chi connectivity index (χ1v) is 9.20. The van der Waals surface area contributed by atoms with E-state index in [0.717, 1.165) is 42.6 Å². The molecule has 3 rings (SSSR count). The Labute approximate surface area is 159 Å². The maximum Gasteiger partial charge on any atom is 0.341 e. The molecule has 1 aliphatic heterocycles. The smallest absolute Gasteiger partial charge is 0.341 e. The molecule has 1 aromatic carbocycles. The minimum Gasteiger partial charge on any atom is -0.482 e. The van der Waals surface area contributed by atoms with E-state index in [1.165, 1.54) is 0 Å². The molecular formula is C21H26N2O4. The Bertz CT molecular complexity index is 781. The number of ether oxygens (including phenoxy) is 1.